The Kier molecular flexibility index (Phi) is 7.82. The van der Waals surface area contributed by atoms with E-state index >= 15 is 0 Å². The number of hydrogen-bond acceptors (Lipinski definition) is 4. The summed E-state index contributed by atoms with van der Waals surface area (Å²) < 4.78 is 34.5. The Hall–Kier alpha value is -3.65. The fraction of sp³-hybridized carbons (Fsp3) is 0.0741. The molecule has 0 bridgehead atoms. The van der Waals surface area contributed by atoms with Crippen LogP contribution in [0, 0.1) is 0 Å². The van der Waals surface area contributed by atoms with E-state index < -0.39 is 22.0 Å². The van der Waals surface area contributed by atoms with Crippen LogP contribution in [0.1, 0.15) is 5.56 Å². The molecule has 4 aromatic rings. The van der Waals surface area contributed by atoms with E-state index in [-0.39, 0.29) is 11.3 Å². The molecule has 0 aliphatic heterocycles. The molecule has 178 valence electrons. The zero-order valence-corrected chi connectivity index (χ0v) is 20.2. The molecule has 8 heteroatoms. The van der Waals surface area contributed by atoms with Crippen LogP contribution in [0.5, 0.6) is 11.5 Å². The lowest BCUT2D eigenvalue weighted by Crippen LogP contribution is -2.45. The summed E-state index contributed by atoms with van der Waals surface area (Å²) in [5.41, 5.74) is 1.12. The number of benzene rings is 4. The van der Waals surface area contributed by atoms with Gasteiger partial charge in [-0.05, 0) is 54.4 Å². The van der Waals surface area contributed by atoms with Crippen molar-refractivity contribution >= 4 is 33.2 Å². The zero-order valence-electron chi connectivity index (χ0n) is 18.6. The summed E-state index contributed by atoms with van der Waals surface area (Å²) in [5.74, 6) is 0.405. The number of carbonyl (C=O) groups excluding carboxylic acids is 1. The number of rotatable bonds is 9. The lowest BCUT2D eigenvalue weighted by Gasteiger charge is -2.20. The second-order valence-corrected chi connectivity index (χ2v) is 9.87. The number of sulfonamides is 1. The summed E-state index contributed by atoms with van der Waals surface area (Å²) >= 11 is 6.18. The van der Waals surface area contributed by atoms with Gasteiger partial charge in [0, 0.05) is 5.02 Å². The quantitative estimate of drug-likeness (QED) is 0.307. The molecule has 0 heterocycles. The van der Waals surface area contributed by atoms with E-state index in [4.69, 9.17) is 16.3 Å². The molecule has 0 radical (unpaired) electrons. The summed E-state index contributed by atoms with van der Waals surface area (Å²) in [4.78, 5) is 13.5. The molecule has 0 aliphatic carbocycles. The van der Waals surface area contributed by atoms with E-state index in [1.165, 1.54) is 12.1 Å². The molecule has 35 heavy (non-hydrogen) atoms. The van der Waals surface area contributed by atoms with Gasteiger partial charge in [-0.1, -0.05) is 78.3 Å². The average Bonchev–Trinajstić information content (AvgIpc) is 2.87. The molecule has 0 fully saturated rings. The van der Waals surface area contributed by atoms with Crippen molar-refractivity contribution in [3.8, 4) is 11.5 Å². The maximum atomic E-state index is 13.4. The summed E-state index contributed by atoms with van der Waals surface area (Å²) in [5, 5.41) is 3.18. The highest BCUT2D eigenvalue weighted by atomic mass is 35.5. The summed E-state index contributed by atoms with van der Waals surface area (Å²) in [6.45, 7) is 0. The Balaban J connectivity index is 1.62. The van der Waals surface area contributed by atoms with E-state index in [9.17, 15) is 13.2 Å². The molecule has 6 nitrogen and oxygen atoms in total. The van der Waals surface area contributed by atoms with E-state index in [2.05, 4.69) is 10.0 Å². The topological polar surface area (TPSA) is 84.5 Å². The van der Waals surface area contributed by atoms with E-state index in [0.717, 1.165) is 5.56 Å². The molecule has 0 aliphatic rings. The highest BCUT2D eigenvalue weighted by Crippen LogP contribution is 2.32. The second-order valence-electron chi connectivity index (χ2n) is 7.72. The molecular formula is C27H23ClN2O4S. The normalized spacial score (nSPS) is 12.0. The molecule has 0 saturated carbocycles. The number of para-hydroxylation sites is 1. The van der Waals surface area contributed by atoms with Crippen molar-refractivity contribution < 1.29 is 17.9 Å². The largest absolute Gasteiger partial charge is 0.455 e. The third-order valence-corrected chi connectivity index (χ3v) is 6.84. The van der Waals surface area contributed by atoms with Gasteiger partial charge in [0.1, 0.15) is 11.8 Å². The average molecular weight is 507 g/mol. The van der Waals surface area contributed by atoms with Crippen LogP contribution >= 0.6 is 11.6 Å². The summed E-state index contributed by atoms with van der Waals surface area (Å²) in [6, 6.07) is 30.0. The van der Waals surface area contributed by atoms with Crippen LogP contribution in [-0.2, 0) is 21.2 Å². The fourth-order valence-electron chi connectivity index (χ4n) is 3.42. The van der Waals surface area contributed by atoms with E-state index in [1.54, 1.807) is 48.5 Å². The number of anilines is 1. The maximum absolute atomic E-state index is 13.4. The second kappa shape index (κ2) is 11.2. The van der Waals surface area contributed by atoms with Gasteiger partial charge in [0.2, 0.25) is 15.9 Å². The number of nitrogens with one attached hydrogen (secondary N) is 2. The number of amides is 1. The van der Waals surface area contributed by atoms with Crippen LogP contribution in [0.2, 0.25) is 5.02 Å². The number of hydrogen-bond donors (Lipinski definition) is 2. The predicted octanol–water partition coefficient (Wildman–Crippen LogP) is 5.66. The van der Waals surface area contributed by atoms with Crippen molar-refractivity contribution in [2.75, 3.05) is 5.32 Å². The summed E-state index contributed by atoms with van der Waals surface area (Å²) in [6.07, 6.45) is 0.147. The first-order valence-corrected chi connectivity index (χ1v) is 12.7. The molecular weight excluding hydrogens is 484 g/mol. The van der Waals surface area contributed by atoms with Gasteiger partial charge in [-0.15, -0.1) is 0 Å². The highest BCUT2D eigenvalue weighted by Gasteiger charge is 2.27. The van der Waals surface area contributed by atoms with Crippen molar-refractivity contribution in [2.24, 2.45) is 0 Å². The standard InChI is InChI=1S/C27H23ClN2O4S/c28-21-16-17-26(34-22-12-6-2-7-13-22)24(19-21)29-27(31)25(18-20-10-4-1-5-11-20)30-35(32,33)23-14-8-3-9-15-23/h1-17,19,25,30H,18H2,(H,29,31)/t25-/m0/s1. The first-order chi connectivity index (χ1) is 16.9. The SMILES string of the molecule is O=C(Nc1cc(Cl)ccc1Oc1ccccc1)[C@H](Cc1ccccc1)NS(=O)(=O)c1ccccc1. The lowest BCUT2D eigenvalue weighted by molar-refractivity contribution is -0.117. The smallest absolute Gasteiger partial charge is 0.243 e. The van der Waals surface area contributed by atoms with Crippen molar-refractivity contribution in [3.63, 3.8) is 0 Å². The molecule has 4 rings (SSSR count). The number of carbonyl (C=O) groups is 1. The Bertz CT molecular complexity index is 1380. The predicted molar refractivity (Wildman–Crippen MR) is 137 cm³/mol. The molecule has 0 aromatic heterocycles. The van der Waals surface area contributed by atoms with Crippen molar-refractivity contribution in [3.05, 3.63) is 120 Å². The molecule has 1 amide bonds. The number of ether oxygens (including phenoxy) is 1. The van der Waals surface area contributed by atoms with Gasteiger partial charge >= 0.3 is 0 Å². The van der Waals surface area contributed by atoms with Gasteiger partial charge in [-0.25, -0.2) is 8.42 Å². The minimum absolute atomic E-state index is 0.0710. The Morgan fingerprint density at radius 1 is 0.829 bits per heavy atom. The van der Waals surface area contributed by atoms with Gasteiger partial charge in [0.25, 0.3) is 0 Å². The Morgan fingerprint density at radius 3 is 2.09 bits per heavy atom. The number of halogens is 1. The van der Waals surface area contributed by atoms with E-state index in [1.807, 2.05) is 48.5 Å². The molecule has 0 saturated heterocycles. The van der Waals surface area contributed by atoms with E-state index in [0.29, 0.717) is 22.2 Å². The minimum atomic E-state index is -3.95. The van der Waals surface area contributed by atoms with Crippen LogP contribution in [0.25, 0.3) is 0 Å². The fourth-order valence-corrected chi connectivity index (χ4v) is 4.81. The first-order valence-electron chi connectivity index (χ1n) is 10.9. The third-order valence-electron chi connectivity index (χ3n) is 5.12. The van der Waals surface area contributed by atoms with Gasteiger partial charge in [-0.3, -0.25) is 4.79 Å². The van der Waals surface area contributed by atoms with Gasteiger partial charge in [0.05, 0.1) is 10.6 Å². The van der Waals surface area contributed by atoms with Crippen LogP contribution < -0.4 is 14.8 Å². The molecule has 0 spiro atoms. The summed E-state index contributed by atoms with van der Waals surface area (Å²) in [7, 11) is -3.95. The minimum Gasteiger partial charge on any atom is -0.455 e. The van der Waals surface area contributed by atoms with Crippen LogP contribution in [0.15, 0.2) is 114 Å². The van der Waals surface area contributed by atoms with Crippen molar-refractivity contribution in [1.29, 1.82) is 0 Å². The first kappa shape index (κ1) is 24.5. The van der Waals surface area contributed by atoms with Crippen LogP contribution in [0.3, 0.4) is 0 Å². The Morgan fingerprint density at radius 2 is 1.43 bits per heavy atom. The van der Waals surface area contributed by atoms with Crippen molar-refractivity contribution in [2.45, 2.75) is 17.4 Å². The van der Waals surface area contributed by atoms with Crippen molar-refractivity contribution in [1.82, 2.24) is 4.72 Å². The van der Waals surface area contributed by atoms with Gasteiger partial charge in [0.15, 0.2) is 5.75 Å². The Labute approximate surface area is 209 Å². The molecule has 4 aromatic carbocycles. The van der Waals surface area contributed by atoms with Gasteiger partial charge < -0.3 is 10.1 Å². The zero-order chi connectivity index (χ0) is 24.7. The van der Waals surface area contributed by atoms with Gasteiger partial charge in [-0.2, -0.15) is 4.72 Å². The van der Waals surface area contributed by atoms with Crippen LogP contribution in [-0.4, -0.2) is 20.4 Å². The molecule has 0 unspecified atom stereocenters. The highest BCUT2D eigenvalue weighted by molar-refractivity contribution is 7.89. The maximum Gasteiger partial charge on any atom is 0.243 e. The third kappa shape index (κ3) is 6.70. The molecule has 2 N–H and O–H groups in total. The monoisotopic (exact) mass is 506 g/mol. The lowest BCUT2D eigenvalue weighted by atomic mass is 10.1. The van der Waals surface area contributed by atoms with Crippen LogP contribution in [0.4, 0.5) is 5.69 Å². The molecule has 1 atom stereocenters.